The SMILES string of the molecule is CC(C)CC(NC(=O)C(N)C(C)C)C(=O)NC(CCCCN)C(=O)NC(CCCCN)C(=O)O. The van der Waals surface area contributed by atoms with E-state index in [0.717, 1.165) is 0 Å². The van der Waals surface area contributed by atoms with Crippen molar-refractivity contribution in [3.63, 3.8) is 0 Å². The van der Waals surface area contributed by atoms with Crippen LogP contribution in [0.3, 0.4) is 0 Å². The first-order valence-corrected chi connectivity index (χ1v) is 12.2. The Hall–Kier alpha value is -2.24. The first kappa shape index (κ1) is 31.8. The standard InChI is InChI=1S/C23H46N6O5/c1-14(2)13-18(29-22(32)19(26)15(3)4)21(31)27-16(9-5-7-11-24)20(30)28-17(23(33)34)10-6-8-12-25/h14-19H,5-13,24-26H2,1-4H3,(H,27,31)(H,28,30)(H,29,32)(H,33,34). The molecular weight excluding hydrogens is 440 g/mol. The smallest absolute Gasteiger partial charge is 0.326 e. The Morgan fingerprint density at radius 1 is 0.706 bits per heavy atom. The average molecular weight is 487 g/mol. The van der Waals surface area contributed by atoms with Gasteiger partial charge in [-0.15, -0.1) is 0 Å². The topological polar surface area (TPSA) is 203 Å². The summed E-state index contributed by atoms with van der Waals surface area (Å²) in [6, 6.07) is -3.68. The number of hydrogen-bond donors (Lipinski definition) is 7. The van der Waals surface area contributed by atoms with Gasteiger partial charge in [0.15, 0.2) is 0 Å². The lowest BCUT2D eigenvalue weighted by Crippen LogP contribution is -2.57. The van der Waals surface area contributed by atoms with Crippen LogP contribution < -0.4 is 33.2 Å². The summed E-state index contributed by atoms with van der Waals surface area (Å²) in [7, 11) is 0. The van der Waals surface area contributed by atoms with Gasteiger partial charge in [0.25, 0.3) is 0 Å². The predicted octanol–water partition coefficient (Wildman–Crippen LogP) is -0.187. The van der Waals surface area contributed by atoms with Crippen LogP contribution in [-0.4, -0.2) is 66.1 Å². The number of nitrogens with one attached hydrogen (secondary N) is 3. The minimum Gasteiger partial charge on any atom is -0.480 e. The fraction of sp³-hybridized carbons (Fsp3) is 0.826. The van der Waals surface area contributed by atoms with Crippen molar-refractivity contribution in [3.05, 3.63) is 0 Å². The molecular formula is C23H46N6O5. The van der Waals surface area contributed by atoms with Crippen molar-refractivity contribution in [2.45, 2.75) is 96.8 Å². The second-order valence-corrected chi connectivity index (χ2v) is 9.49. The summed E-state index contributed by atoms with van der Waals surface area (Å²) in [4.78, 5) is 50.1. The maximum absolute atomic E-state index is 13.1. The Bertz CT molecular complexity index is 643. The molecule has 0 aliphatic heterocycles. The minimum atomic E-state index is -1.15. The number of hydrogen-bond acceptors (Lipinski definition) is 7. The number of aliphatic carboxylic acids is 1. The largest absolute Gasteiger partial charge is 0.480 e. The van der Waals surface area contributed by atoms with Gasteiger partial charge in [-0.2, -0.15) is 0 Å². The molecule has 0 aromatic carbocycles. The highest BCUT2D eigenvalue weighted by Crippen LogP contribution is 2.10. The van der Waals surface area contributed by atoms with Crippen molar-refractivity contribution in [3.8, 4) is 0 Å². The Balaban J connectivity index is 5.47. The van der Waals surface area contributed by atoms with E-state index in [-0.39, 0.29) is 24.7 Å². The average Bonchev–Trinajstić information content (AvgIpc) is 2.76. The van der Waals surface area contributed by atoms with E-state index >= 15 is 0 Å². The number of carbonyl (C=O) groups excluding carboxylic acids is 3. The third kappa shape index (κ3) is 12.9. The minimum absolute atomic E-state index is 0.0924. The third-order valence-corrected chi connectivity index (χ3v) is 5.50. The monoisotopic (exact) mass is 486 g/mol. The van der Waals surface area contributed by atoms with E-state index in [9.17, 15) is 24.3 Å². The molecule has 0 aliphatic rings. The van der Waals surface area contributed by atoms with Gasteiger partial charge in [-0.3, -0.25) is 14.4 Å². The Morgan fingerprint density at radius 2 is 1.15 bits per heavy atom. The van der Waals surface area contributed by atoms with E-state index in [1.54, 1.807) is 0 Å². The van der Waals surface area contributed by atoms with E-state index in [0.29, 0.717) is 45.2 Å². The predicted molar refractivity (Wildman–Crippen MR) is 132 cm³/mol. The van der Waals surface area contributed by atoms with Gasteiger partial charge in [0.1, 0.15) is 18.1 Å². The summed E-state index contributed by atoms with van der Waals surface area (Å²) in [5.74, 6) is -2.70. The lowest BCUT2D eigenvalue weighted by atomic mass is 9.99. The lowest BCUT2D eigenvalue weighted by molar-refractivity contribution is -0.142. The highest BCUT2D eigenvalue weighted by atomic mass is 16.4. The fourth-order valence-electron chi connectivity index (χ4n) is 3.33. The van der Waals surface area contributed by atoms with Gasteiger partial charge in [0, 0.05) is 0 Å². The first-order valence-electron chi connectivity index (χ1n) is 12.2. The highest BCUT2D eigenvalue weighted by Gasteiger charge is 2.30. The van der Waals surface area contributed by atoms with Gasteiger partial charge in [0.05, 0.1) is 6.04 Å². The zero-order valence-corrected chi connectivity index (χ0v) is 21.1. The maximum Gasteiger partial charge on any atom is 0.326 e. The van der Waals surface area contributed by atoms with Crippen molar-refractivity contribution in [2.24, 2.45) is 29.0 Å². The maximum atomic E-state index is 13.1. The molecule has 0 saturated carbocycles. The fourth-order valence-corrected chi connectivity index (χ4v) is 3.33. The molecule has 0 radical (unpaired) electrons. The Labute approximate surface area is 203 Å². The van der Waals surface area contributed by atoms with Crippen LogP contribution in [0, 0.1) is 11.8 Å². The van der Waals surface area contributed by atoms with E-state index in [1.165, 1.54) is 0 Å². The van der Waals surface area contributed by atoms with Crippen LogP contribution in [0.25, 0.3) is 0 Å². The molecule has 0 bridgehead atoms. The summed E-state index contributed by atoms with van der Waals surface area (Å²) >= 11 is 0. The van der Waals surface area contributed by atoms with Crippen LogP contribution in [0.15, 0.2) is 0 Å². The van der Waals surface area contributed by atoms with Crippen molar-refractivity contribution in [1.29, 1.82) is 0 Å². The van der Waals surface area contributed by atoms with Crippen LogP contribution in [0.2, 0.25) is 0 Å². The molecule has 0 heterocycles. The van der Waals surface area contributed by atoms with Crippen LogP contribution in [0.5, 0.6) is 0 Å². The van der Waals surface area contributed by atoms with Crippen molar-refractivity contribution < 1.29 is 24.3 Å². The van der Waals surface area contributed by atoms with Gasteiger partial charge in [-0.05, 0) is 69.9 Å². The van der Waals surface area contributed by atoms with Gasteiger partial charge in [-0.25, -0.2) is 4.79 Å². The number of nitrogens with two attached hydrogens (primary N) is 3. The first-order chi connectivity index (χ1) is 15.9. The Morgan fingerprint density at radius 3 is 1.59 bits per heavy atom. The summed E-state index contributed by atoms with van der Waals surface area (Å²) in [6.07, 6.45) is 3.30. The highest BCUT2D eigenvalue weighted by molar-refractivity contribution is 5.94. The molecule has 198 valence electrons. The molecule has 0 fully saturated rings. The molecule has 34 heavy (non-hydrogen) atoms. The van der Waals surface area contributed by atoms with Gasteiger partial charge in [0.2, 0.25) is 17.7 Å². The van der Waals surface area contributed by atoms with Gasteiger partial charge < -0.3 is 38.3 Å². The van der Waals surface area contributed by atoms with E-state index in [4.69, 9.17) is 17.2 Å². The quantitative estimate of drug-likeness (QED) is 0.129. The number of carbonyl (C=O) groups is 4. The van der Waals surface area contributed by atoms with Crippen LogP contribution >= 0.6 is 0 Å². The molecule has 0 aliphatic carbocycles. The summed E-state index contributed by atoms with van der Waals surface area (Å²) in [5.41, 5.74) is 16.9. The zero-order valence-electron chi connectivity index (χ0n) is 21.1. The number of carboxylic acids is 1. The van der Waals surface area contributed by atoms with Crippen LogP contribution in [0.4, 0.5) is 0 Å². The molecule has 0 aromatic heterocycles. The number of amides is 3. The summed E-state index contributed by atoms with van der Waals surface area (Å²) in [5, 5.41) is 17.4. The zero-order chi connectivity index (χ0) is 26.3. The molecule has 0 aromatic rings. The van der Waals surface area contributed by atoms with Crippen LogP contribution in [0.1, 0.15) is 72.6 Å². The van der Waals surface area contributed by atoms with Gasteiger partial charge in [-0.1, -0.05) is 27.7 Å². The Kier molecular flexibility index (Phi) is 16.1. The summed E-state index contributed by atoms with van der Waals surface area (Å²) in [6.45, 7) is 8.32. The third-order valence-electron chi connectivity index (χ3n) is 5.50. The number of carboxylic acid groups (broad SMARTS) is 1. The van der Waals surface area contributed by atoms with Crippen molar-refractivity contribution in [1.82, 2.24) is 16.0 Å². The molecule has 4 unspecified atom stereocenters. The van der Waals surface area contributed by atoms with E-state index < -0.39 is 47.9 Å². The normalized spacial score (nSPS) is 14.9. The molecule has 11 heteroatoms. The molecule has 3 amide bonds. The second kappa shape index (κ2) is 17.2. The van der Waals surface area contributed by atoms with Crippen LogP contribution in [-0.2, 0) is 19.2 Å². The van der Waals surface area contributed by atoms with Gasteiger partial charge >= 0.3 is 5.97 Å². The molecule has 4 atom stereocenters. The molecule has 0 spiro atoms. The second-order valence-electron chi connectivity index (χ2n) is 9.49. The van der Waals surface area contributed by atoms with Crippen molar-refractivity contribution in [2.75, 3.05) is 13.1 Å². The lowest BCUT2D eigenvalue weighted by Gasteiger charge is -2.26. The van der Waals surface area contributed by atoms with E-state index in [2.05, 4.69) is 16.0 Å². The molecule has 0 saturated heterocycles. The molecule has 11 nitrogen and oxygen atoms in total. The van der Waals surface area contributed by atoms with E-state index in [1.807, 2.05) is 27.7 Å². The number of unbranched alkanes of at least 4 members (excludes halogenated alkanes) is 2. The summed E-state index contributed by atoms with van der Waals surface area (Å²) < 4.78 is 0. The molecule has 10 N–H and O–H groups in total. The number of rotatable bonds is 18. The molecule has 0 rings (SSSR count). The van der Waals surface area contributed by atoms with Crippen molar-refractivity contribution >= 4 is 23.7 Å².